The Kier molecular flexibility index (Phi) is 6.15. The van der Waals surface area contributed by atoms with Gasteiger partial charge < -0.3 is 9.64 Å². The molecule has 0 aliphatic rings. The molecule has 0 atom stereocenters. The van der Waals surface area contributed by atoms with Crippen molar-refractivity contribution in [3.8, 4) is 5.75 Å². The summed E-state index contributed by atoms with van der Waals surface area (Å²) in [5, 5.41) is 2.25. The molecular formula is C24H24FN3O2S. The molecular weight excluding hydrogens is 413 g/mol. The van der Waals surface area contributed by atoms with Crippen molar-refractivity contribution in [3.05, 3.63) is 66.0 Å². The fourth-order valence-corrected chi connectivity index (χ4v) is 4.49. The number of para-hydroxylation sites is 1. The number of carbonyl (C=O) groups excluding carboxylic acids is 1. The molecule has 0 saturated carbocycles. The molecule has 3 aromatic carbocycles. The summed E-state index contributed by atoms with van der Waals surface area (Å²) < 4.78 is 20.8. The molecule has 1 heterocycles. The Morgan fingerprint density at radius 2 is 1.87 bits per heavy atom. The predicted octanol–water partition coefficient (Wildman–Crippen LogP) is 5.20. The summed E-state index contributed by atoms with van der Waals surface area (Å²) in [6.45, 7) is 3.40. The second-order valence-electron chi connectivity index (χ2n) is 7.44. The fourth-order valence-electron chi connectivity index (χ4n) is 3.49. The molecule has 0 N–H and O–H groups in total. The van der Waals surface area contributed by atoms with Crippen molar-refractivity contribution in [2.24, 2.45) is 0 Å². The Balaban J connectivity index is 1.86. The number of hydrogen-bond donors (Lipinski definition) is 0. The van der Waals surface area contributed by atoms with E-state index < -0.39 is 0 Å². The molecule has 4 rings (SSSR count). The number of anilines is 1. The summed E-state index contributed by atoms with van der Waals surface area (Å²) in [6.07, 6.45) is 0. The summed E-state index contributed by atoms with van der Waals surface area (Å²) >= 11 is 1.31. The second-order valence-corrected chi connectivity index (χ2v) is 8.45. The van der Waals surface area contributed by atoms with E-state index in [-0.39, 0.29) is 17.2 Å². The van der Waals surface area contributed by atoms with E-state index in [1.807, 2.05) is 68.4 Å². The first-order valence-electron chi connectivity index (χ1n) is 10.2. The van der Waals surface area contributed by atoms with Gasteiger partial charge in [0.15, 0.2) is 5.13 Å². The molecule has 5 nitrogen and oxygen atoms in total. The third kappa shape index (κ3) is 4.24. The lowest BCUT2D eigenvalue weighted by Gasteiger charge is -2.24. The zero-order valence-electron chi connectivity index (χ0n) is 17.8. The van der Waals surface area contributed by atoms with E-state index in [2.05, 4.69) is 4.98 Å². The molecule has 0 fully saturated rings. The molecule has 0 aliphatic carbocycles. The molecule has 1 amide bonds. The molecule has 0 radical (unpaired) electrons. The third-order valence-electron chi connectivity index (χ3n) is 5.01. The number of carbonyl (C=O) groups is 1. The zero-order chi connectivity index (χ0) is 22.0. The molecule has 0 bridgehead atoms. The van der Waals surface area contributed by atoms with Gasteiger partial charge in [-0.25, -0.2) is 9.37 Å². The van der Waals surface area contributed by atoms with Crippen LogP contribution < -0.4 is 9.64 Å². The standard InChI is InChI=1S/C24H24FN3O2S/c1-4-30-19-13-12-16-8-5-6-9-17(16)21(19)23(29)28(15-14-27(2)3)24-26-22-18(25)10-7-11-20(22)31-24/h5-13H,4,14-15H2,1-3H3. The van der Waals surface area contributed by atoms with E-state index in [0.29, 0.717) is 40.8 Å². The van der Waals surface area contributed by atoms with Gasteiger partial charge in [-0.3, -0.25) is 9.69 Å². The molecule has 31 heavy (non-hydrogen) atoms. The van der Waals surface area contributed by atoms with Crippen molar-refractivity contribution < 1.29 is 13.9 Å². The van der Waals surface area contributed by atoms with Gasteiger partial charge in [0, 0.05) is 13.1 Å². The quantitative estimate of drug-likeness (QED) is 0.399. The average molecular weight is 438 g/mol. The SMILES string of the molecule is CCOc1ccc2ccccc2c1C(=O)N(CCN(C)C)c1nc2c(F)cccc2s1. The maximum atomic E-state index is 14.3. The van der Waals surface area contributed by atoms with E-state index >= 15 is 0 Å². The van der Waals surface area contributed by atoms with E-state index in [4.69, 9.17) is 4.74 Å². The van der Waals surface area contributed by atoms with Crippen molar-refractivity contribution >= 4 is 43.4 Å². The monoisotopic (exact) mass is 437 g/mol. The minimum Gasteiger partial charge on any atom is -0.493 e. The van der Waals surface area contributed by atoms with Crippen LogP contribution in [0.1, 0.15) is 17.3 Å². The van der Waals surface area contributed by atoms with Gasteiger partial charge >= 0.3 is 0 Å². The molecule has 7 heteroatoms. The first-order valence-corrected chi connectivity index (χ1v) is 11.0. The largest absolute Gasteiger partial charge is 0.493 e. The Morgan fingerprint density at radius 1 is 1.06 bits per heavy atom. The molecule has 4 aromatic rings. The zero-order valence-corrected chi connectivity index (χ0v) is 18.6. The van der Waals surface area contributed by atoms with Crippen molar-refractivity contribution in [2.75, 3.05) is 38.7 Å². The highest BCUT2D eigenvalue weighted by molar-refractivity contribution is 7.22. The van der Waals surface area contributed by atoms with Gasteiger partial charge in [-0.05, 0) is 50.0 Å². The number of fused-ring (bicyclic) bond motifs is 2. The van der Waals surface area contributed by atoms with Crippen LogP contribution >= 0.6 is 11.3 Å². The minimum absolute atomic E-state index is 0.207. The Bertz CT molecular complexity index is 1240. The van der Waals surface area contributed by atoms with Crippen molar-refractivity contribution in [1.82, 2.24) is 9.88 Å². The van der Waals surface area contributed by atoms with Crippen LogP contribution in [0, 0.1) is 5.82 Å². The van der Waals surface area contributed by atoms with E-state index in [9.17, 15) is 9.18 Å². The summed E-state index contributed by atoms with van der Waals surface area (Å²) in [4.78, 5) is 22.0. The van der Waals surface area contributed by atoms with Crippen molar-refractivity contribution in [1.29, 1.82) is 0 Å². The number of aromatic nitrogens is 1. The number of halogens is 1. The van der Waals surface area contributed by atoms with Crippen LogP contribution in [-0.2, 0) is 0 Å². The van der Waals surface area contributed by atoms with Gasteiger partial charge in [0.05, 0.1) is 16.9 Å². The fraction of sp³-hybridized carbons (Fsp3) is 0.250. The molecule has 160 valence electrons. The van der Waals surface area contributed by atoms with Gasteiger partial charge in [0.2, 0.25) is 0 Å². The van der Waals surface area contributed by atoms with Crippen molar-refractivity contribution in [2.45, 2.75) is 6.92 Å². The molecule has 0 spiro atoms. The first-order chi connectivity index (χ1) is 15.0. The van der Waals surface area contributed by atoms with Crippen LogP contribution in [0.25, 0.3) is 21.0 Å². The summed E-state index contributed by atoms with van der Waals surface area (Å²) in [5.74, 6) is -0.0601. The number of benzene rings is 3. The maximum Gasteiger partial charge on any atom is 0.264 e. The van der Waals surface area contributed by atoms with Crippen LogP contribution in [0.4, 0.5) is 9.52 Å². The summed E-state index contributed by atoms with van der Waals surface area (Å²) in [7, 11) is 3.90. The number of hydrogen-bond acceptors (Lipinski definition) is 5. The Labute approximate surface area is 184 Å². The van der Waals surface area contributed by atoms with Crippen LogP contribution in [0.5, 0.6) is 5.75 Å². The van der Waals surface area contributed by atoms with E-state index in [0.717, 1.165) is 10.8 Å². The topological polar surface area (TPSA) is 45.7 Å². The minimum atomic E-state index is -0.389. The van der Waals surface area contributed by atoms with Crippen LogP contribution in [0.3, 0.4) is 0 Å². The van der Waals surface area contributed by atoms with Crippen molar-refractivity contribution in [3.63, 3.8) is 0 Å². The maximum absolute atomic E-state index is 14.3. The average Bonchev–Trinajstić information content (AvgIpc) is 3.19. The van der Waals surface area contributed by atoms with Gasteiger partial charge in [0.25, 0.3) is 5.91 Å². The predicted molar refractivity (Wildman–Crippen MR) is 125 cm³/mol. The third-order valence-corrected chi connectivity index (χ3v) is 6.05. The van der Waals surface area contributed by atoms with Crippen LogP contribution in [-0.4, -0.2) is 49.6 Å². The number of nitrogens with zero attached hydrogens (tertiary/aromatic N) is 3. The first kappa shape index (κ1) is 21.2. The van der Waals surface area contributed by atoms with Crippen LogP contribution in [0.15, 0.2) is 54.6 Å². The highest BCUT2D eigenvalue weighted by Crippen LogP contribution is 2.34. The van der Waals surface area contributed by atoms with Gasteiger partial charge in [-0.15, -0.1) is 0 Å². The van der Waals surface area contributed by atoms with Gasteiger partial charge in [-0.1, -0.05) is 47.7 Å². The smallest absolute Gasteiger partial charge is 0.264 e. The molecule has 0 saturated heterocycles. The summed E-state index contributed by atoms with van der Waals surface area (Å²) in [6, 6.07) is 16.4. The lowest BCUT2D eigenvalue weighted by atomic mass is 10.0. The van der Waals surface area contributed by atoms with Gasteiger partial charge in [0.1, 0.15) is 17.1 Å². The molecule has 1 aromatic heterocycles. The van der Waals surface area contributed by atoms with Gasteiger partial charge in [-0.2, -0.15) is 0 Å². The number of thiazole rings is 1. The number of ether oxygens (including phenoxy) is 1. The molecule has 0 unspecified atom stereocenters. The summed E-state index contributed by atoms with van der Waals surface area (Å²) in [5.41, 5.74) is 0.784. The highest BCUT2D eigenvalue weighted by atomic mass is 32.1. The number of amides is 1. The number of likely N-dealkylation sites (N-methyl/N-ethyl adjacent to an activating group) is 1. The second kappa shape index (κ2) is 8.99. The number of rotatable bonds is 7. The Hall–Kier alpha value is -3.03. The Morgan fingerprint density at radius 3 is 2.61 bits per heavy atom. The normalized spacial score (nSPS) is 11.4. The lowest BCUT2D eigenvalue weighted by molar-refractivity contribution is 0.0983. The highest BCUT2D eigenvalue weighted by Gasteiger charge is 2.26. The lowest BCUT2D eigenvalue weighted by Crippen LogP contribution is -2.37. The van der Waals surface area contributed by atoms with E-state index in [1.165, 1.54) is 17.4 Å². The van der Waals surface area contributed by atoms with E-state index in [1.54, 1.807) is 11.0 Å². The molecule has 0 aliphatic heterocycles. The van der Waals surface area contributed by atoms with Crippen LogP contribution in [0.2, 0.25) is 0 Å².